The summed E-state index contributed by atoms with van der Waals surface area (Å²) in [5, 5.41) is 3.36. The summed E-state index contributed by atoms with van der Waals surface area (Å²) < 4.78 is 19.3. The Bertz CT molecular complexity index is 436. The monoisotopic (exact) mass is 280 g/mol. The maximum atomic E-state index is 13.9. The lowest BCUT2D eigenvalue weighted by atomic mass is 10.1. The van der Waals surface area contributed by atoms with E-state index >= 15 is 0 Å². The fourth-order valence-corrected chi connectivity index (χ4v) is 2.56. The molecule has 1 N–H and O–H groups in total. The molecule has 1 saturated heterocycles. The molecule has 0 spiro atoms. The first-order valence-electron chi connectivity index (χ1n) is 7.34. The number of likely N-dealkylation sites (tertiary alicyclic amines) is 1. The van der Waals surface area contributed by atoms with Crippen LogP contribution in [0.4, 0.5) is 4.39 Å². The van der Waals surface area contributed by atoms with Crippen molar-refractivity contribution in [2.75, 3.05) is 20.2 Å². The second kappa shape index (κ2) is 7.16. The molecule has 0 amide bonds. The van der Waals surface area contributed by atoms with Crippen LogP contribution in [0.1, 0.15) is 31.4 Å². The van der Waals surface area contributed by atoms with E-state index in [-0.39, 0.29) is 5.82 Å². The topological polar surface area (TPSA) is 24.5 Å². The first-order valence-corrected chi connectivity index (χ1v) is 7.34. The van der Waals surface area contributed by atoms with Crippen LogP contribution in [-0.2, 0) is 17.8 Å². The molecular weight excluding hydrogens is 255 g/mol. The molecule has 2 rings (SSSR count). The standard InChI is InChI=1S/C16H25FN2O/c1-12(2)18-9-13-4-5-16(17)14(8-13)10-19-7-6-15(11-19)20-3/h4-5,8,12,15,18H,6-7,9-11H2,1-3H3. The van der Waals surface area contributed by atoms with E-state index in [1.165, 1.54) is 0 Å². The van der Waals surface area contributed by atoms with Gasteiger partial charge in [-0.2, -0.15) is 0 Å². The van der Waals surface area contributed by atoms with Gasteiger partial charge in [0.1, 0.15) is 5.82 Å². The van der Waals surface area contributed by atoms with Crippen LogP contribution in [0.25, 0.3) is 0 Å². The average molecular weight is 280 g/mol. The third-order valence-corrected chi connectivity index (χ3v) is 3.78. The second-order valence-corrected chi connectivity index (χ2v) is 5.84. The van der Waals surface area contributed by atoms with Crippen molar-refractivity contribution in [2.45, 2.75) is 45.5 Å². The van der Waals surface area contributed by atoms with Crippen LogP contribution in [0.2, 0.25) is 0 Å². The Balaban J connectivity index is 1.98. The van der Waals surface area contributed by atoms with E-state index < -0.39 is 0 Å². The van der Waals surface area contributed by atoms with Crippen molar-refractivity contribution >= 4 is 0 Å². The molecule has 1 atom stereocenters. The number of rotatable bonds is 6. The minimum Gasteiger partial charge on any atom is -0.380 e. The summed E-state index contributed by atoms with van der Waals surface area (Å²) >= 11 is 0. The highest BCUT2D eigenvalue weighted by Gasteiger charge is 2.22. The zero-order valence-corrected chi connectivity index (χ0v) is 12.7. The molecule has 0 aliphatic carbocycles. The largest absolute Gasteiger partial charge is 0.380 e. The molecule has 1 unspecified atom stereocenters. The maximum absolute atomic E-state index is 13.9. The number of ether oxygens (including phenoxy) is 1. The number of halogens is 1. The third kappa shape index (κ3) is 4.27. The van der Waals surface area contributed by atoms with Crippen molar-refractivity contribution in [3.8, 4) is 0 Å². The van der Waals surface area contributed by atoms with Crippen LogP contribution < -0.4 is 5.32 Å². The molecule has 1 fully saturated rings. The van der Waals surface area contributed by atoms with E-state index in [9.17, 15) is 4.39 Å². The average Bonchev–Trinajstić information content (AvgIpc) is 2.87. The Morgan fingerprint density at radius 2 is 2.25 bits per heavy atom. The third-order valence-electron chi connectivity index (χ3n) is 3.78. The number of nitrogens with one attached hydrogen (secondary N) is 1. The smallest absolute Gasteiger partial charge is 0.127 e. The summed E-state index contributed by atoms with van der Waals surface area (Å²) in [6, 6.07) is 5.85. The number of benzene rings is 1. The zero-order valence-electron chi connectivity index (χ0n) is 12.7. The molecule has 1 aliphatic heterocycles. The Morgan fingerprint density at radius 1 is 1.45 bits per heavy atom. The molecule has 0 radical (unpaired) electrons. The Kier molecular flexibility index (Phi) is 5.52. The zero-order chi connectivity index (χ0) is 14.5. The van der Waals surface area contributed by atoms with Gasteiger partial charge in [0.25, 0.3) is 0 Å². The van der Waals surface area contributed by atoms with E-state index in [1.807, 2.05) is 12.1 Å². The molecule has 1 aliphatic rings. The van der Waals surface area contributed by atoms with Crippen molar-refractivity contribution < 1.29 is 9.13 Å². The van der Waals surface area contributed by atoms with Gasteiger partial charge in [-0.1, -0.05) is 26.0 Å². The highest BCUT2D eigenvalue weighted by Crippen LogP contribution is 2.18. The van der Waals surface area contributed by atoms with Gasteiger partial charge in [0.2, 0.25) is 0 Å². The molecule has 1 heterocycles. The van der Waals surface area contributed by atoms with E-state index in [2.05, 4.69) is 24.1 Å². The molecule has 0 bridgehead atoms. The molecule has 3 nitrogen and oxygen atoms in total. The van der Waals surface area contributed by atoms with Crippen LogP contribution in [0.3, 0.4) is 0 Å². The van der Waals surface area contributed by atoms with Gasteiger partial charge < -0.3 is 10.1 Å². The lowest BCUT2D eigenvalue weighted by Crippen LogP contribution is -2.24. The summed E-state index contributed by atoms with van der Waals surface area (Å²) in [5.74, 6) is -0.112. The van der Waals surface area contributed by atoms with Crippen molar-refractivity contribution in [2.24, 2.45) is 0 Å². The molecule has 1 aromatic carbocycles. The minimum atomic E-state index is -0.112. The molecule has 20 heavy (non-hydrogen) atoms. The van der Waals surface area contributed by atoms with Gasteiger partial charge in [-0.15, -0.1) is 0 Å². The van der Waals surface area contributed by atoms with Crippen molar-refractivity contribution in [1.82, 2.24) is 10.2 Å². The van der Waals surface area contributed by atoms with Gasteiger partial charge >= 0.3 is 0 Å². The van der Waals surface area contributed by atoms with E-state index in [0.29, 0.717) is 18.7 Å². The summed E-state index contributed by atoms with van der Waals surface area (Å²) in [5.41, 5.74) is 1.92. The maximum Gasteiger partial charge on any atom is 0.127 e. The molecular formula is C16H25FN2O. The molecule has 0 saturated carbocycles. The normalized spacial score (nSPS) is 19.9. The van der Waals surface area contributed by atoms with Gasteiger partial charge in [0, 0.05) is 44.9 Å². The van der Waals surface area contributed by atoms with E-state index in [1.54, 1.807) is 13.2 Å². The number of nitrogens with zero attached hydrogens (tertiary/aromatic N) is 1. The van der Waals surface area contributed by atoms with E-state index in [0.717, 1.165) is 37.2 Å². The lowest BCUT2D eigenvalue weighted by molar-refractivity contribution is 0.107. The highest BCUT2D eigenvalue weighted by atomic mass is 19.1. The van der Waals surface area contributed by atoms with Crippen LogP contribution in [0, 0.1) is 5.82 Å². The Labute approximate surface area is 121 Å². The predicted molar refractivity (Wildman–Crippen MR) is 79.1 cm³/mol. The summed E-state index contributed by atoms with van der Waals surface area (Å²) in [6.45, 7) is 7.54. The van der Waals surface area contributed by atoms with Crippen LogP contribution in [0.5, 0.6) is 0 Å². The number of methoxy groups -OCH3 is 1. The van der Waals surface area contributed by atoms with Gasteiger partial charge in [0.05, 0.1) is 6.10 Å². The summed E-state index contributed by atoms with van der Waals surface area (Å²) in [7, 11) is 1.74. The Morgan fingerprint density at radius 3 is 2.90 bits per heavy atom. The van der Waals surface area contributed by atoms with Crippen LogP contribution in [-0.4, -0.2) is 37.2 Å². The lowest BCUT2D eigenvalue weighted by Gasteiger charge is -2.17. The summed E-state index contributed by atoms with van der Waals surface area (Å²) in [6.07, 6.45) is 1.33. The second-order valence-electron chi connectivity index (χ2n) is 5.84. The van der Waals surface area contributed by atoms with Gasteiger partial charge in [-0.25, -0.2) is 4.39 Å². The predicted octanol–water partition coefficient (Wildman–Crippen LogP) is 2.54. The Hall–Kier alpha value is -0.970. The molecule has 0 aromatic heterocycles. The van der Waals surface area contributed by atoms with Crippen LogP contribution >= 0.6 is 0 Å². The van der Waals surface area contributed by atoms with Gasteiger partial charge in [-0.05, 0) is 18.1 Å². The van der Waals surface area contributed by atoms with Crippen molar-refractivity contribution in [1.29, 1.82) is 0 Å². The van der Waals surface area contributed by atoms with Gasteiger partial charge in [0.15, 0.2) is 0 Å². The first-order chi connectivity index (χ1) is 9.58. The molecule has 112 valence electrons. The van der Waals surface area contributed by atoms with E-state index in [4.69, 9.17) is 4.74 Å². The van der Waals surface area contributed by atoms with Crippen molar-refractivity contribution in [3.05, 3.63) is 35.1 Å². The quantitative estimate of drug-likeness (QED) is 0.866. The molecule has 4 heteroatoms. The van der Waals surface area contributed by atoms with Crippen LogP contribution in [0.15, 0.2) is 18.2 Å². The SMILES string of the molecule is COC1CCN(Cc2cc(CNC(C)C)ccc2F)C1. The van der Waals surface area contributed by atoms with Crippen molar-refractivity contribution in [3.63, 3.8) is 0 Å². The minimum absolute atomic E-state index is 0.112. The summed E-state index contributed by atoms with van der Waals surface area (Å²) in [4.78, 5) is 2.26. The fraction of sp³-hybridized carbons (Fsp3) is 0.625. The first kappa shape index (κ1) is 15.4. The fourth-order valence-electron chi connectivity index (χ4n) is 2.56. The number of hydrogen-bond donors (Lipinski definition) is 1. The highest BCUT2D eigenvalue weighted by molar-refractivity contribution is 5.25. The molecule has 1 aromatic rings. The van der Waals surface area contributed by atoms with Gasteiger partial charge in [-0.3, -0.25) is 4.90 Å². The number of hydrogen-bond acceptors (Lipinski definition) is 3.